The van der Waals surface area contributed by atoms with E-state index in [0.717, 1.165) is 39.1 Å². The van der Waals surface area contributed by atoms with Gasteiger partial charge in [0.05, 0.1) is 6.20 Å². The number of fused-ring (bicyclic) bond motifs is 1. The average molecular weight is 324 g/mol. The highest BCUT2D eigenvalue weighted by Gasteiger charge is 2.21. The number of furan rings is 1. The minimum absolute atomic E-state index is 0.461. The molecule has 5 heteroatoms. The number of hydrogen-bond donors (Lipinski definition) is 0. The van der Waals surface area contributed by atoms with Crippen molar-refractivity contribution in [3.8, 4) is 22.3 Å². The number of pyridine rings is 1. The molecule has 0 radical (unpaired) electrons. The number of rotatable bonds is 2. The second kappa shape index (κ2) is 5.25. The summed E-state index contributed by atoms with van der Waals surface area (Å²) in [7, 11) is 1.89. The van der Waals surface area contributed by atoms with Crippen molar-refractivity contribution in [1.29, 1.82) is 0 Å². The number of benzene rings is 1. The Hall–Kier alpha value is -2.59. The number of aryl methyl sites for hydroxylation is 2. The lowest BCUT2D eigenvalue weighted by Crippen LogP contribution is -1.90. The van der Waals surface area contributed by atoms with E-state index in [1.54, 1.807) is 4.68 Å². The Morgan fingerprint density at radius 1 is 1.09 bits per heavy atom. The van der Waals surface area contributed by atoms with Crippen LogP contribution in [0.15, 0.2) is 53.2 Å². The summed E-state index contributed by atoms with van der Waals surface area (Å²) in [6.45, 7) is 1.91. The van der Waals surface area contributed by atoms with E-state index in [9.17, 15) is 0 Å². The third kappa shape index (κ3) is 2.32. The molecule has 4 aromatic rings. The molecule has 0 aliphatic carbocycles. The van der Waals surface area contributed by atoms with Gasteiger partial charge in [0, 0.05) is 36.0 Å². The summed E-state index contributed by atoms with van der Waals surface area (Å²) in [6, 6.07) is 11.9. The van der Waals surface area contributed by atoms with Gasteiger partial charge in [0.15, 0.2) is 5.58 Å². The van der Waals surface area contributed by atoms with Crippen LogP contribution in [0.5, 0.6) is 0 Å². The fourth-order valence-electron chi connectivity index (χ4n) is 2.84. The standard InChI is InChI=1S/C18H14ClN3O/c1-11-8-14-17(23-11)15(13-9-20-22(2)10-13)16(18(19)21-14)12-6-4-3-5-7-12/h3-10H,1-2H3. The first-order valence-electron chi connectivity index (χ1n) is 7.27. The second-order valence-electron chi connectivity index (χ2n) is 5.49. The van der Waals surface area contributed by atoms with Crippen molar-refractivity contribution < 1.29 is 4.42 Å². The number of nitrogens with zero attached hydrogens (tertiary/aromatic N) is 3. The molecule has 1 aromatic carbocycles. The third-order valence-corrected chi connectivity index (χ3v) is 4.07. The minimum atomic E-state index is 0.461. The first-order chi connectivity index (χ1) is 11.1. The first kappa shape index (κ1) is 14.0. The molecule has 0 aliphatic rings. The van der Waals surface area contributed by atoms with Gasteiger partial charge in [0.1, 0.15) is 16.4 Å². The molecule has 0 N–H and O–H groups in total. The molecule has 3 heterocycles. The van der Waals surface area contributed by atoms with Crippen molar-refractivity contribution in [3.05, 3.63) is 59.7 Å². The van der Waals surface area contributed by atoms with Crippen molar-refractivity contribution in [1.82, 2.24) is 14.8 Å². The highest BCUT2D eigenvalue weighted by Crippen LogP contribution is 2.41. The van der Waals surface area contributed by atoms with Crippen molar-refractivity contribution in [2.75, 3.05) is 0 Å². The Labute approximate surface area is 138 Å². The van der Waals surface area contributed by atoms with Crippen LogP contribution >= 0.6 is 11.6 Å². The minimum Gasteiger partial charge on any atom is -0.459 e. The van der Waals surface area contributed by atoms with Crippen LogP contribution in [0.2, 0.25) is 5.15 Å². The highest BCUT2D eigenvalue weighted by atomic mass is 35.5. The number of aromatic nitrogens is 3. The maximum absolute atomic E-state index is 6.53. The van der Waals surface area contributed by atoms with Crippen LogP contribution in [-0.2, 0) is 7.05 Å². The molecular weight excluding hydrogens is 310 g/mol. The third-order valence-electron chi connectivity index (χ3n) is 3.79. The summed E-state index contributed by atoms with van der Waals surface area (Å²) in [4.78, 5) is 4.51. The van der Waals surface area contributed by atoms with Gasteiger partial charge in [-0.05, 0) is 12.5 Å². The lowest BCUT2D eigenvalue weighted by Gasteiger charge is -2.11. The predicted molar refractivity (Wildman–Crippen MR) is 91.4 cm³/mol. The zero-order valence-corrected chi connectivity index (χ0v) is 13.5. The van der Waals surface area contributed by atoms with Crippen molar-refractivity contribution in [2.24, 2.45) is 7.05 Å². The molecule has 114 valence electrons. The van der Waals surface area contributed by atoms with Crippen LogP contribution in [0.4, 0.5) is 0 Å². The van der Waals surface area contributed by atoms with E-state index in [1.807, 2.05) is 62.8 Å². The molecule has 0 amide bonds. The normalized spacial score (nSPS) is 11.3. The van der Waals surface area contributed by atoms with Gasteiger partial charge < -0.3 is 4.42 Å². The smallest absolute Gasteiger partial charge is 0.161 e. The maximum atomic E-state index is 6.53. The molecule has 3 aromatic heterocycles. The second-order valence-corrected chi connectivity index (χ2v) is 5.85. The average Bonchev–Trinajstić information content (AvgIpc) is 3.11. The Balaban J connectivity index is 2.14. The molecule has 4 nitrogen and oxygen atoms in total. The molecule has 0 saturated heterocycles. The zero-order valence-electron chi connectivity index (χ0n) is 12.7. The Kier molecular flexibility index (Phi) is 3.20. The summed E-state index contributed by atoms with van der Waals surface area (Å²) in [5, 5.41) is 4.74. The molecule has 0 unspecified atom stereocenters. The lowest BCUT2D eigenvalue weighted by molar-refractivity contribution is 0.579. The van der Waals surface area contributed by atoms with Gasteiger partial charge in [-0.1, -0.05) is 41.9 Å². The molecule has 0 atom stereocenters. The Morgan fingerprint density at radius 2 is 1.87 bits per heavy atom. The van der Waals surface area contributed by atoms with Crippen molar-refractivity contribution in [2.45, 2.75) is 6.92 Å². The monoisotopic (exact) mass is 323 g/mol. The summed E-state index contributed by atoms with van der Waals surface area (Å²) in [6.07, 6.45) is 3.77. The Bertz CT molecular complexity index is 1000. The largest absolute Gasteiger partial charge is 0.459 e. The van der Waals surface area contributed by atoms with Gasteiger partial charge in [0.25, 0.3) is 0 Å². The van der Waals surface area contributed by atoms with Gasteiger partial charge in [-0.2, -0.15) is 5.10 Å². The summed E-state index contributed by atoms with van der Waals surface area (Å²) in [5.41, 5.74) is 5.23. The fraction of sp³-hybridized carbons (Fsp3) is 0.111. The van der Waals surface area contributed by atoms with Crippen LogP contribution in [0.3, 0.4) is 0 Å². The van der Waals surface area contributed by atoms with Crippen LogP contribution in [0.1, 0.15) is 5.76 Å². The van der Waals surface area contributed by atoms with Gasteiger partial charge in [-0.3, -0.25) is 4.68 Å². The van der Waals surface area contributed by atoms with Crippen LogP contribution in [-0.4, -0.2) is 14.8 Å². The Morgan fingerprint density at radius 3 is 2.57 bits per heavy atom. The maximum Gasteiger partial charge on any atom is 0.161 e. The van der Waals surface area contributed by atoms with E-state index in [0.29, 0.717) is 5.15 Å². The van der Waals surface area contributed by atoms with Gasteiger partial charge in [-0.15, -0.1) is 0 Å². The molecule has 4 rings (SSSR count). The molecule has 0 fully saturated rings. The lowest BCUT2D eigenvalue weighted by atomic mass is 9.97. The summed E-state index contributed by atoms with van der Waals surface area (Å²) in [5.74, 6) is 0.805. The highest BCUT2D eigenvalue weighted by molar-refractivity contribution is 6.33. The van der Waals surface area contributed by atoms with Crippen LogP contribution < -0.4 is 0 Å². The molecule has 0 spiro atoms. The van der Waals surface area contributed by atoms with E-state index < -0.39 is 0 Å². The van der Waals surface area contributed by atoms with Gasteiger partial charge >= 0.3 is 0 Å². The summed E-state index contributed by atoms with van der Waals surface area (Å²) < 4.78 is 7.69. The fourth-order valence-corrected chi connectivity index (χ4v) is 3.13. The predicted octanol–water partition coefficient (Wildman–Crippen LogP) is 4.86. The van der Waals surface area contributed by atoms with Crippen LogP contribution in [0, 0.1) is 6.92 Å². The SMILES string of the molecule is Cc1cc2nc(Cl)c(-c3ccccc3)c(-c3cnn(C)c3)c2o1. The number of halogens is 1. The molecule has 0 aliphatic heterocycles. The van der Waals surface area contributed by atoms with Gasteiger partial charge in [-0.25, -0.2) is 4.98 Å². The topological polar surface area (TPSA) is 43.9 Å². The molecule has 0 saturated carbocycles. The number of hydrogen-bond acceptors (Lipinski definition) is 3. The van der Waals surface area contributed by atoms with Crippen molar-refractivity contribution >= 4 is 22.7 Å². The quantitative estimate of drug-likeness (QED) is 0.495. The van der Waals surface area contributed by atoms with Crippen LogP contribution in [0.25, 0.3) is 33.4 Å². The summed E-state index contributed by atoms with van der Waals surface area (Å²) >= 11 is 6.53. The van der Waals surface area contributed by atoms with E-state index in [1.165, 1.54) is 0 Å². The molecule has 23 heavy (non-hydrogen) atoms. The van der Waals surface area contributed by atoms with Gasteiger partial charge in [0.2, 0.25) is 0 Å². The molecule has 0 bridgehead atoms. The van der Waals surface area contributed by atoms with E-state index >= 15 is 0 Å². The first-order valence-corrected chi connectivity index (χ1v) is 7.65. The van der Waals surface area contributed by atoms with E-state index in [-0.39, 0.29) is 0 Å². The molecular formula is C18H14ClN3O. The van der Waals surface area contributed by atoms with Crippen molar-refractivity contribution in [3.63, 3.8) is 0 Å². The van der Waals surface area contributed by atoms with E-state index in [2.05, 4.69) is 10.1 Å². The van der Waals surface area contributed by atoms with E-state index in [4.69, 9.17) is 16.0 Å². The zero-order chi connectivity index (χ0) is 16.0.